The van der Waals surface area contributed by atoms with Crippen LogP contribution in [0.25, 0.3) is 22.4 Å². The van der Waals surface area contributed by atoms with Gasteiger partial charge in [-0.1, -0.05) is 12.1 Å². The molecule has 140 valence electrons. The fourth-order valence-corrected chi connectivity index (χ4v) is 3.04. The van der Waals surface area contributed by atoms with Gasteiger partial charge in [-0.15, -0.1) is 0 Å². The molecule has 0 amide bonds. The van der Waals surface area contributed by atoms with Gasteiger partial charge in [0.05, 0.1) is 32.7 Å². The number of nitrogens with zero attached hydrogens (tertiary/aromatic N) is 1. The molecule has 6 heteroatoms. The normalized spacial score (nSPS) is 10.5. The minimum Gasteiger partial charge on any atom is -0.496 e. The molecule has 6 nitrogen and oxygen atoms in total. The fraction of sp³-hybridized carbons (Fsp3) is 0.238. The Balaban J connectivity index is 2.21. The minimum atomic E-state index is -0.420. The van der Waals surface area contributed by atoms with Crippen molar-refractivity contribution in [2.24, 2.45) is 0 Å². The zero-order valence-corrected chi connectivity index (χ0v) is 15.8. The summed E-state index contributed by atoms with van der Waals surface area (Å²) in [5.74, 6) is 1.00. The Hall–Kier alpha value is -3.28. The van der Waals surface area contributed by atoms with Crippen molar-refractivity contribution in [1.82, 2.24) is 9.97 Å². The van der Waals surface area contributed by atoms with Gasteiger partial charge in [0, 0.05) is 17.3 Å². The van der Waals surface area contributed by atoms with Gasteiger partial charge in [0.15, 0.2) is 0 Å². The lowest BCUT2D eigenvalue weighted by molar-refractivity contribution is 0.0521. The number of benzene rings is 1. The summed E-state index contributed by atoms with van der Waals surface area (Å²) in [6.45, 7) is 4.05. The largest absolute Gasteiger partial charge is 0.496 e. The van der Waals surface area contributed by atoms with Gasteiger partial charge in [0.1, 0.15) is 17.2 Å². The van der Waals surface area contributed by atoms with Crippen LogP contribution in [-0.4, -0.2) is 36.8 Å². The predicted molar refractivity (Wildman–Crippen MR) is 103 cm³/mol. The molecule has 0 unspecified atom stereocenters. The zero-order valence-electron chi connectivity index (χ0n) is 15.8. The molecule has 0 aliphatic heterocycles. The summed E-state index contributed by atoms with van der Waals surface area (Å²) in [5.41, 5.74) is 4.49. The molecule has 1 N–H and O–H groups in total. The lowest BCUT2D eigenvalue weighted by Gasteiger charge is -2.12. The molecule has 3 rings (SSSR count). The molecule has 0 spiro atoms. The van der Waals surface area contributed by atoms with Crippen molar-refractivity contribution in [1.29, 1.82) is 0 Å². The van der Waals surface area contributed by atoms with Crippen molar-refractivity contribution in [2.45, 2.75) is 13.8 Å². The van der Waals surface area contributed by atoms with E-state index in [1.165, 1.54) is 0 Å². The van der Waals surface area contributed by atoms with Gasteiger partial charge in [0.25, 0.3) is 0 Å². The van der Waals surface area contributed by atoms with Crippen molar-refractivity contribution >= 4 is 5.97 Å². The van der Waals surface area contributed by atoms with Crippen LogP contribution in [0.3, 0.4) is 0 Å². The van der Waals surface area contributed by atoms with Gasteiger partial charge in [0.2, 0.25) is 0 Å². The molecule has 0 saturated heterocycles. The maximum absolute atomic E-state index is 12.5. The summed E-state index contributed by atoms with van der Waals surface area (Å²) < 4.78 is 15.8. The number of esters is 1. The number of ether oxygens (including phenoxy) is 3. The number of pyridine rings is 1. The van der Waals surface area contributed by atoms with Crippen LogP contribution in [0.4, 0.5) is 0 Å². The quantitative estimate of drug-likeness (QED) is 0.660. The van der Waals surface area contributed by atoms with Crippen LogP contribution >= 0.6 is 0 Å². The van der Waals surface area contributed by atoms with Gasteiger partial charge < -0.3 is 19.2 Å². The summed E-state index contributed by atoms with van der Waals surface area (Å²) in [4.78, 5) is 20.0. The second-order valence-corrected chi connectivity index (χ2v) is 5.89. The highest BCUT2D eigenvalue weighted by Gasteiger charge is 2.23. The number of methoxy groups -OCH3 is 2. The highest BCUT2D eigenvalue weighted by atomic mass is 16.5. The Labute approximate surface area is 158 Å². The van der Waals surface area contributed by atoms with E-state index in [0.717, 1.165) is 22.4 Å². The predicted octanol–water partition coefficient (Wildman–Crippen LogP) is 4.25. The lowest BCUT2D eigenvalue weighted by Crippen LogP contribution is -2.07. The smallest absolute Gasteiger partial charge is 0.355 e. The third kappa shape index (κ3) is 3.51. The average molecular weight is 366 g/mol. The summed E-state index contributed by atoms with van der Waals surface area (Å²) in [6.07, 6.45) is 3.43. The Bertz CT molecular complexity index is 945. The first-order chi connectivity index (χ1) is 13.1. The first kappa shape index (κ1) is 18.5. The van der Waals surface area contributed by atoms with Crippen molar-refractivity contribution in [3.8, 4) is 33.9 Å². The van der Waals surface area contributed by atoms with E-state index in [-0.39, 0.29) is 0 Å². The first-order valence-electron chi connectivity index (χ1n) is 8.63. The molecule has 0 aliphatic carbocycles. The van der Waals surface area contributed by atoms with Crippen molar-refractivity contribution in [3.63, 3.8) is 0 Å². The Morgan fingerprint density at radius 3 is 2.56 bits per heavy atom. The number of nitrogens with one attached hydrogen (secondary N) is 1. The maximum Gasteiger partial charge on any atom is 0.355 e. The third-order valence-corrected chi connectivity index (χ3v) is 4.38. The highest BCUT2D eigenvalue weighted by molar-refractivity contribution is 6.01. The second kappa shape index (κ2) is 7.95. The number of carbonyl (C=O) groups excluding carboxylic acids is 1. The van der Waals surface area contributed by atoms with Crippen LogP contribution in [0.5, 0.6) is 11.5 Å². The molecule has 0 aliphatic rings. The fourth-order valence-electron chi connectivity index (χ4n) is 3.04. The summed E-state index contributed by atoms with van der Waals surface area (Å²) in [7, 11) is 3.22. The third-order valence-electron chi connectivity index (χ3n) is 4.38. The maximum atomic E-state index is 12.5. The van der Waals surface area contributed by atoms with Gasteiger partial charge in [-0.2, -0.15) is 0 Å². The van der Waals surface area contributed by atoms with Crippen LogP contribution in [0.1, 0.15) is 23.0 Å². The molecule has 2 heterocycles. The van der Waals surface area contributed by atoms with Gasteiger partial charge in [-0.3, -0.25) is 4.98 Å². The number of rotatable bonds is 6. The molecular formula is C21H22N2O4. The first-order valence-corrected chi connectivity index (χ1v) is 8.63. The van der Waals surface area contributed by atoms with Gasteiger partial charge >= 0.3 is 5.97 Å². The van der Waals surface area contributed by atoms with E-state index in [9.17, 15) is 4.79 Å². The molecule has 3 aromatic rings. The van der Waals surface area contributed by atoms with E-state index in [2.05, 4.69) is 9.97 Å². The van der Waals surface area contributed by atoms with E-state index in [1.54, 1.807) is 33.5 Å². The standard InChI is InChI=1S/C21H22N2O4/c1-5-27-21(24)20-19(17-10-9-14(25-3)11-22-17)16(12-23-20)15-7-6-8-18(26-4)13(15)2/h6-12,23H,5H2,1-4H3. The van der Waals surface area contributed by atoms with Gasteiger partial charge in [-0.05, 0) is 43.2 Å². The minimum absolute atomic E-state index is 0.293. The highest BCUT2D eigenvalue weighted by Crippen LogP contribution is 2.38. The molecule has 0 saturated carbocycles. The molecule has 1 aromatic carbocycles. The molecular weight excluding hydrogens is 344 g/mol. The van der Waals surface area contributed by atoms with Crippen LogP contribution in [-0.2, 0) is 4.74 Å². The second-order valence-electron chi connectivity index (χ2n) is 5.89. The Kier molecular flexibility index (Phi) is 5.45. The summed E-state index contributed by atoms with van der Waals surface area (Å²) in [5, 5.41) is 0. The topological polar surface area (TPSA) is 73.4 Å². The summed E-state index contributed by atoms with van der Waals surface area (Å²) >= 11 is 0. The monoisotopic (exact) mass is 366 g/mol. The summed E-state index contributed by atoms with van der Waals surface area (Å²) in [6, 6.07) is 9.45. The SMILES string of the molecule is CCOC(=O)c1[nH]cc(-c2cccc(OC)c2C)c1-c1ccc(OC)cn1. The number of hydrogen-bond acceptors (Lipinski definition) is 5. The Morgan fingerprint density at radius 2 is 1.93 bits per heavy atom. The number of aromatic nitrogens is 2. The Morgan fingerprint density at radius 1 is 1.11 bits per heavy atom. The van der Waals surface area contributed by atoms with Gasteiger partial charge in [-0.25, -0.2) is 4.79 Å². The van der Waals surface area contributed by atoms with Crippen LogP contribution < -0.4 is 9.47 Å². The average Bonchev–Trinajstić information content (AvgIpc) is 3.13. The van der Waals surface area contributed by atoms with E-state index in [0.29, 0.717) is 29.3 Å². The van der Waals surface area contributed by atoms with E-state index in [1.807, 2.05) is 37.3 Å². The van der Waals surface area contributed by atoms with E-state index >= 15 is 0 Å². The molecule has 0 fully saturated rings. The van der Waals surface area contributed by atoms with Crippen molar-refractivity contribution in [3.05, 3.63) is 54.0 Å². The number of H-pyrrole nitrogens is 1. The van der Waals surface area contributed by atoms with Crippen LogP contribution in [0.2, 0.25) is 0 Å². The zero-order chi connectivity index (χ0) is 19.4. The van der Waals surface area contributed by atoms with E-state index in [4.69, 9.17) is 14.2 Å². The molecule has 27 heavy (non-hydrogen) atoms. The molecule has 0 atom stereocenters. The van der Waals surface area contributed by atoms with E-state index < -0.39 is 5.97 Å². The van der Waals surface area contributed by atoms with Crippen LogP contribution in [0, 0.1) is 6.92 Å². The number of carbonyl (C=O) groups is 1. The number of aromatic amines is 1. The number of hydrogen-bond donors (Lipinski definition) is 1. The molecule has 0 radical (unpaired) electrons. The lowest BCUT2D eigenvalue weighted by atomic mass is 9.96. The van der Waals surface area contributed by atoms with Crippen molar-refractivity contribution < 1.29 is 19.0 Å². The molecule has 2 aromatic heterocycles. The van der Waals surface area contributed by atoms with Crippen molar-refractivity contribution in [2.75, 3.05) is 20.8 Å². The molecule has 0 bridgehead atoms. The van der Waals surface area contributed by atoms with Crippen LogP contribution in [0.15, 0.2) is 42.7 Å².